The van der Waals surface area contributed by atoms with E-state index in [0.717, 1.165) is 35.6 Å². The van der Waals surface area contributed by atoms with Crippen LogP contribution in [0.5, 0.6) is 0 Å². The Morgan fingerprint density at radius 1 is 1.29 bits per heavy atom. The molecular formula is C15H19N5O. The highest BCUT2D eigenvalue weighted by atomic mass is 16.1. The highest BCUT2D eigenvalue weighted by Gasteiger charge is 2.21. The summed E-state index contributed by atoms with van der Waals surface area (Å²) in [7, 11) is 3.97. The van der Waals surface area contributed by atoms with Gasteiger partial charge in [-0.1, -0.05) is 0 Å². The molecule has 6 nitrogen and oxygen atoms in total. The Morgan fingerprint density at radius 3 is 2.76 bits per heavy atom. The molecule has 1 aromatic carbocycles. The van der Waals surface area contributed by atoms with Gasteiger partial charge >= 0.3 is 0 Å². The zero-order valence-electron chi connectivity index (χ0n) is 12.2. The van der Waals surface area contributed by atoms with Gasteiger partial charge < -0.3 is 15.5 Å². The number of fused-ring (bicyclic) bond motifs is 1. The molecule has 0 saturated carbocycles. The van der Waals surface area contributed by atoms with Gasteiger partial charge in [0, 0.05) is 56.2 Å². The van der Waals surface area contributed by atoms with Crippen molar-refractivity contribution in [3.8, 4) is 0 Å². The summed E-state index contributed by atoms with van der Waals surface area (Å²) in [5, 5.41) is 13.3. The number of hydrogen-bond acceptors (Lipinski definition) is 4. The number of rotatable bonds is 3. The number of amides is 1. The second-order valence-corrected chi connectivity index (χ2v) is 5.35. The van der Waals surface area contributed by atoms with E-state index in [-0.39, 0.29) is 5.91 Å². The van der Waals surface area contributed by atoms with Crippen molar-refractivity contribution in [2.24, 2.45) is 0 Å². The van der Waals surface area contributed by atoms with Gasteiger partial charge in [-0.3, -0.25) is 9.89 Å². The number of anilines is 2. The SMILES string of the molecule is CN(C)c1ccc(NC(=O)c2n[nH]c3c2CNCC3)cc1. The minimum Gasteiger partial charge on any atom is -0.378 e. The molecule has 0 saturated heterocycles. The lowest BCUT2D eigenvalue weighted by molar-refractivity contribution is 0.102. The van der Waals surface area contributed by atoms with Gasteiger partial charge in [0.15, 0.2) is 5.69 Å². The van der Waals surface area contributed by atoms with Crippen LogP contribution < -0.4 is 15.5 Å². The molecule has 0 unspecified atom stereocenters. The van der Waals surface area contributed by atoms with Crippen LogP contribution in [0.15, 0.2) is 24.3 Å². The molecule has 0 bridgehead atoms. The molecule has 1 amide bonds. The van der Waals surface area contributed by atoms with Crippen molar-refractivity contribution in [2.75, 3.05) is 30.9 Å². The van der Waals surface area contributed by atoms with E-state index in [1.807, 2.05) is 43.3 Å². The van der Waals surface area contributed by atoms with E-state index < -0.39 is 0 Å². The van der Waals surface area contributed by atoms with Gasteiger partial charge in [-0.2, -0.15) is 5.10 Å². The van der Waals surface area contributed by atoms with Crippen molar-refractivity contribution in [1.82, 2.24) is 15.5 Å². The lowest BCUT2D eigenvalue weighted by atomic mass is 10.1. The summed E-state index contributed by atoms with van der Waals surface area (Å²) in [5.41, 5.74) is 4.37. The number of aromatic amines is 1. The smallest absolute Gasteiger partial charge is 0.276 e. The number of H-pyrrole nitrogens is 1. The summed E-state index contributed by atoms with van der Waals surface area (Å²) in [6, 6.07) is 7.73. The van der Waals surface area contributed by atoms with Gasteiger partial charge in [0.2, 0.25) is 0 Å². The molecule has 2 aromatic rings. The van der Waals surface area contributed by atoms with Crippen molar-refractivity contribution in [2.45, 2.75) is 13.0 Å². The van der Waals surface area contributed by atoms with Gasteiger partial charge in [-0.25, -0.2) is 0 Å². The molecule has 0 fully saturated rings. The first-order chi connectivity index (χ1) is 10.1. The van der Waals surface area contributed by atoms with Crippen molar-refractivity contribution < 1.29 is 4.79 Å². The molecule has 3 N–H and O–H groups in total. The topological polar surface area (TPSA) is 73.0 Å². The van der Waals surface area contributed by atoms with Crippen LogP contribution in [0.3, 0.4) is 0 Å². The Kier molecular flexibility index (Phi) is 3.62. The molecule has 1 aliphatic heterocycles. The third-order valence-electron chi connectivity index (χ3n) is 3.66. The summed E-state index contributed by atoms with van der Waals surface area (Å²) in [6.07, 6.45) is 0.882. The molecule has 0 spiro atoms. The van der Waals surface area contributed by atoms with Crippen LogP contribution in [-0.4, -0.2) is 36.7 Å². The van der Waals surface area contributed by atoms with Gasteiger partial charge in [-0.15, -0.1) is 0 Å². The zero-order chi connectivity index (χ0) is 14.8. The lowest BCUT2D eigenvalue weighted by Gasteiger charge is -2.14. The molecule has 1 aliphatic rings. The van der Waals surface area contributed by atoms with Crippen LogP contribution in [0.25, 0.3) is 0 Å². The van der Waals surface area contributed by atoms with Gasteiger partial charge in [0.1, 0.15) is 0 Å². The zero-order valence-corrected chi connectivity index (χ0v) is 12.2. The lowest BCUT2D eigenvalue weighted by Crippen LogP contribution is -2.25. The van der Waals surface area contributed by atoms with Crippen molar-refractivity contribution in [1.29, 1.82) is 0 Å². The Morgan fingerprint density at radius 2 is 2.05 bits per heavy atom. The van der Waals surface area contributed by atoms with Gasteiger partial charge in [0.05, 0.1) is 0 Å². The molecule has 1 aromatic heterocycles. The van der Waals surface area contributed by atoms with Gasteiger partial charge in [-0.05, 0) is 24.3 Å². The van der Waals surface area contributed by atoms with Crippen LogP contribution in [0.1, 0.15) is 21.7 Å². The van der Waals surface area contributed by atoms with Crippen LogP contribution >= 0.6 is 0 Å². The third-order valence-corrected chi connectivity index (χ3v) is 3.66. The highest BCUT2D eigenvalue weighted by Crippen LogP contribution is 2.19. The average Bonchev–Trinajstić information content (AvgIpc) is 2.92. The minimum atomic E-state index is -0.172. The number of nitrogens with zero attached hydrogens (tertiary/aromatic N) is 2. The maximum Gasteiger partial charge on any atom is 0.276 e. The summed E-state index contributed by atoms with van der Waals surface area (Å²) in [5.74, 6) is -0.172. The standard InChI is InChI=1S/C15H19N5O/c1-20(2)11-5-3-10(4-6-11)17-15(21)14-12-9-16-8-7-13(12)18-19-14/h3-6,16H,7-9H2,1-2H3,(H,17,21)(H,18,19). The van der Waals surface area contributed by atoms with E-state index in [0.29, 0.717) is 12.2 Å². The predicted molar refractivity (Wildman–Crippen MR) is 82.7 cm³/mol. The Bertz CT molecular complexity index is 645. The summed E-state index contributed by atoms with van der Waals surface area (Å²) in [6.45, 7) is 1.61. The Balaban J connectivity index is 1.75. The molecule has 6 heteroatoms. The number of carbonyl (C=O) groups excluding carboxylic acids is 1. The van der Waals surface area contributed by atoms with Crippen LogP contribution in [0.4, 0.5) is 11.4 Å². The fourth-order valence-electron chi connectivity index (χ4n) is 2.45. The average molecular weight is 285 g/mol. The summed E-state index contributed by atoms with van der Waals surface area (Å²) in [4.78, 5) is 14.3. The van der Waals surface area contributed by atoms with E-state index in [2.05, 4.69) is 20.8 Å². The number of carbonyl (C=O) groups is 1. The number of nitrogens with one attached hydrogen (secondary N) is 3. The van der Waals surface area contributed by atoms with Gasteiger partial charge in [0.25, 0.3) is 5.91 Å². The summed E-state index contributed by atoms with van der Waals surface area (Å²) >= 11 is 0. The largest absolute Gasteiger partial charge is 0.378 e. The second kappa shape index (κ2) is 5.57. The first-order valence-electron chi connectivity index (χ1n) is 7.00. The van der Waals surface area contributed by atoms with E-state index in [4.69, 9.17) is 0 Å². The van der Waals surface area contributed by atoms with Crippen LogP contribution in [0, 0.1) is 0 Å². The fraction of sp³-hybridized carbons (Fsp3) is 0.333. The first-order valence-corrected chi connectivity index (χ1v) is 7.00. The molecule has 0 radical (unpaired) electrons. The maximum absolute atomic E-state index is 12.3. The molecule has 0 aliphatic carbocycles. The van der Waals surface area contributed by atoms with Crippen molar-refractivity contribution in [3.63, 3.8) is 0 Å². The number of aromatic nitrogens is 2. The molecule has 2 heterocycles. The van der Waals surface area contributed by atoms with Crippen molar-refractivity contribution >= 4 is 17.3 Å². The predicted octanol–water partition coefficient (Wildman–Crippen LogP) is 1.37. The van der Waals surface area contributed by atoms with Crippen LogP contribution in [0.2, 0.25) is 0 Å². The van der Waals surface area contributed by atoms with Crippen molar-refractivity contribution in [3.05, 3.63) is 41.2 Å². The fourth-order valence-corrected chi connectivity index (χ4v) is 2.45. The molecule has 110 valence electrons. The normalized spacial score (nSPS) is 13.6. The summed E-state index contributed by atoms with van der Waals surface area (Å²) < 4.78 is 0. The Hall–Kier alpha value is -2.34. The third kappa shape index (κ3) is 2.75. The van der Waals surface area contributed by atoms with E-state index in [9.17, 15) is 4.79 Å². The number of hydrogen-bond donors (Lipinski definition) is 3. The highest BCUT2D eigenvalue weighted by molar-refractivity contribution is 6.04. The quantitative estimate of drug-likeness (QED) is 0.796. The molecule has 0 atom stereocenters. The molecular weight excluding hydrogens is 266 g/mol. The molecule has 3 rings (SSSR count). The monoisotopic (exact) mass is 285 g/mol. The van der Waals surface area contributed by atoms with E-state index >= 15 is 0 Å². The maximum atomic E-state index is 12.3. The van der Waals surface area contributed by atoms with Crippen LogP contribution in [-0.2, 0) is 13.0 Å². The number of benzene rings is 1. The molecule has 21 heavy (non-hydrogen) atoms. The first kappa shape index (κ1) is 13.6. The Labute approximate surface area is 123 Å². The minimum absolute atomic E-state index is 0.172. The van der Waals surface area contributed by atoms with E-state index in [1.54, 1.807) is 0 Å². The second-order valence-electron chi connectivity index (χ2n) is 5.35. The van der Waals surface area contributed by atoms with E-state index in [1.165, 1.54) is 0 Å².